The lowest BCUT2D eigenvalue weighted by Crippen LogP contribution is -2.23. The maximum atomic E-state index is 12.3. The molecule has 0 aliphatic carbocycles. The number of amides is 1. The molecule has 120 valence electrons. The summed E-state index contributed by atoms with van der Waals surface area (Å²) in [4.78, 5) is 16.6. The van der Waals surface area contributed by atoms with Crippen LogP contribution in [0.3, 0.4) is 0 Å². The average Bonchev–Trinajstić information content (AvgIpc) is 3.31. The van der Waals surface area contributed by atoms with Crippen LogP contribution in [0.25, 0.3) is 17.0 Å². The molecule has 0 spiro atoms. The minimum Gasteiger partial charge on any atom is -0.349 e. The van der Waals surface area contributed by atoms with Crippen molar-refractivity contribution in [3.8, 4) is 11.4 Å². The normalized spacial score (nSPS) is 11.0. The van der Waals surface area contributed by atoms with Crippen molar-refractivity contribution < 1.29 is 4.79 Å². The monoisotopic (exact) mass is 321 g/mol. The van der Waals surface area contributed by atoms with E-state index in [1.807, 2.05) is 36.1 Å². The van der Waals surface area contributed by atoms with Gasteiger partial charge in [0, 0.05) is 37.7 Å². The third-order valence-electron chi connectivity index (χ3n) is 3.82. The van der Waals surface area contributed by atoms with E-state index in [-0.39, 0.29) is 5.91 Å². The Morgan fingerprint density at radius 1 is 1.33 bits per heavy atom. The van der Waals surface area contributed by atoms with Gasteiger partial charge in [-0.05, 0) is 24.3 Å². The molecule has 0 aliphatic rings. The summed E-state index contributed by atoms with van der Waals surface area (Å²) >= 11 is 0. The molecule has 4 heterocycles. The van der Waals surface area contributed by atoms with Crippen LogP contribution in [-0.2, 0) is 13.6 Å². The van der Waals surface area contributed by atoms with Gasteiger partial charge in [0.05, 0.1) is 11.9 Å². The Morgan fingerprint density at radius 2 is 2.25 bits per heavy atom. The number of carbonyl (C=O) groups is 1. The molecule has 0 fully saturated rings. The minimum absolute atomic E-state index is 0.224. The van der Waals surface area contributed by atoms with Crippen molar-refractivity contribution in [1.82, 2.24) is 34.7 Å². The SMILES string of the molecule is Cn1cccc1-c1cc(C(=O)NCc2cnn3cccnc23)[nH]n1. The third kappa shape index (κ3) is 2.43. The van der Waals surface area contributed by atoms with Gasteiger partial charge in [0.1, 0.15) is 11.4 Å². The molecular formula is C16H15N7O. The number of H-pyrrole nitrogens is 1. The van der Waals surface area contributed by atoms with Gasteiger partial charge in [-0.2, -0.15) is 10.2 Å². The number of nitrogens with zero attached hydrogens (tertiary/aromatic N) is 5. The maximum Gasteiger partial charge on any atom is 0.269 e. The molecule has 24 heavy (non-hydrogen) atoms. The highest BCUT2D eigenvalue weighted by molar-refractivity contribution is 5.93. The van der Waals surface area contributed by atoms with Gasteiger partial charge >= 0.3 is 0 Å². The zero-order chi connectivity index (χ0) is 16.5. The molecule has 0 saturated carbocycles. The van der Waals surface area contributed by atoms with Crippen molar-refractivity contribution in [3.05, 3.63) is 60.3 Å². The summed E-state index contributed by atoms with van der Waals surface area (Å²) in [7, 11) is 1.93. The zero-order valence-electron chi connectivity index (χ0n) is 13.0. The van der Waals surface area contributed by atoms with E-state index in [9.17, 15) is 4.79 Å². The number of fused-ring (bicyclic) bond motifs is 1. The summed E-state index contributed by atoms with van der Waals surface area (Å²) in [6, 6.07) is 7.42. The Morgan fingerprint density at radius 3 is 3.08 bits per heavy atom. The molecule has 0 bridgehead atoms. The number of hydrogen-bond acceptors (Lipinski definition) is 4. The van der Waals surface area contributed by atoms with E-state index in [1.165, 1.54) is 0 Å². The van der Waals surface area contributed by atoms with Crippen LogP contribution in [0.4, 0.5) is 0 Å². The first-order valence-corrected chi connectivity index (χ1v) is 7.45. The molecule has 8 nitrogen and oxygen atoms in total. The number of aromatic amines is 1. The van der Waals surface area contributed by atoms with Gasteiger partial charge in [0.25, 0.3) is 5.91 Å². The van der Waals surface area contributed by atoms with Crippen molar-refractivity contribution in [1.29, 1.82) is 0 Å². The fourth-order valence-corrected chi connectivity index (χ4v) is 2.57. The summed E-state index contributed by atoms with van der Waals surface area (Å²) in [6.45, 7) is 0.345. The highest BCUT2D eigenvalue weighted by atomic mass is 16.1. The molecule has 1 amide bonds. The Hall–Kier alpha value is -3.42. The fourth-order valence-electron chi connectivity index (χ4n) is 2.57. The van der Waals surface area contributed by atoms with Crippen LogP contribution < -0.4 is 5.32 Å². The first-order chi connectivity index (χ1) is 11.7. The highest BCUT2D eigenvalue weighted by Crippen LogP contribution is 2.17. The topological polar surface area (TPSA) is 92.9 Å². The smallest absolute Gasteiger partial charge is 0.269 e. The van der Waals surface area contributed by atoms with Crippen molar-refractivity contribution in [3.63, 3.8) is 0 Å². The Labute approximate surface area is 137 Å². The molecule has 0 unspecified atom stereocenters. The predicted molar refractivity (Wildman–Crippen MR) is 87.2 cm³/mol. The van der Waals surface area contributed by atoms with Crippen LogP contribution in [-0.4, -0.2) is 35.3 Å². The predicted octanol–water partition coefficient (Wildman–Crippen LogP) is 1.39. The van der Waals surface area contributed by atoms with Crippen molar-refractivity contribution in [2.24, 2.45) is 7.05 Å². The quantitative estimate of drug-likeness (QED) is 0.594. The van der Waals surface area contributed by atoms with E-state index in [0.717, 1.165) is 22.6 Å². The van der Waals surface area contributed by atoms with E-state index < -0.39 is 0 Å². The molecule has 0 aromatic carbocycles. The average molecular weight is 321 g/mol. The Bertz CT molecular complexity index is 1010. The summed E-state index contributed by atoms with van der Waals surface area (Å²) in [5.41, 5.74) is 3.66. The van der Waals surface area contributed by atoms with Gasteiger partial charge < -0.3 is 9.88 Å². The van der Waals surface area contributed by atoms with Crippen LogP contribution in [0.5, 0.6) is 0 Å². The van der Waals surface area contributed by atoms with E-state index in [2.05, 4.69) is 25.6 Å². The van der Waals surface area contributed by atoms with E-state index >= 15 is 0 Å². The van der Waals surface area contributed by atoms with Gasteiger partial charge in [-0.3, -0.25) is 9.89 Å². The van der Waals surface area contributed by atoms with Crippen molar-refractivity contribution in [2.45, 2.75) is 6.54 Å². The Kier molecular flexibility index (Phi) is 3.34. The molecule has 0 saturated heterocycles. The lowest BCUT2D eigenvalue weighted by molar-refractivity contribution is 0.0946. The first kappa shape index (κ1) is 14.2. The molecule has 4 aromatic rings. The standard InChI is InChI=1S/C16H15N7O/c1-22-6-2-4-14(22)12-8-13(21-20-12)16(24)18-9-11-10-19-23-7-3-5-17-15(11)23/h2-8,10H,9H2,1H3,(H,18,24)(H,20,21). The third-order valence-corrected chi connectivity index (χ3v) is 3.82. The number of aryl methyl sites for hydroxylation is 1. The Balaban J connectivity index is 1.49. The van der Waals surface area contributed by atoms with Crippen LogP contribution in [0.1, 0.15) is 16.1 Å². The fraction of sp³-hybridized carbons (Fsp3) is 0.125. The lowest BCUT2D eigenvalue weighted by Gasteiger charge is -2.01. The number of aromatic nitrogens is 6. The van der Waals surface area contributed by atoms with Crippen LogP contribution in [0.2, 0.25) is 0 Å². The molecule has 8 heteroatoms. The minimum atomic E-state index is -0.224. The number of carbonyl (C=O) groups excluding carboxylic acids is 1. The highest BCUT2D eigenvalue weighted by Gasteiger charge is 2.13. The van der Waals surface area contributed by atoms with E-state index in [0.29, 0.717) is 12.2 Å². The second-order valence-corrected chi connectivity index (χ2v) is 5.41. The molecular weight excluding hydrogens is 306 g/mol. The summed E-state index contributed by atoms with van der Waals surface area (Å²) in [5, 5.41) is 14.0. The molecule has 4 rings (SSSR count). The molecule has 0 atom stereocenters. The van der Waals surface area contributed by atoms with E-state index in [1.54, 1.807) is 29.0 Å². The largest absolute Gasteiger partial charge is 0.349 e. The van der Waals surface area contributed by atoms with Crippen molar-refractivity contribution in [2.75, 3.05) is 0 Å². The molecule has 2 N–H and O–H groups in total. The number of nitrogens with one attached hydrogen (secondary N) is 2. The van der Waals surface area contributed by atoms with Crippen LogP contribution in [0, 0.1) is 0 Å². The lowest BCUT2D eigenvalue weighted by atomic mass is 10.2. The summed E-state index contributed by atoms with van der Waals surface area (Å²) in [5.74, 6) is -0.224. The van der Waals surface area contributed by atoms with Crippen LogP contribution in [0.15, 0.2) is 49.1 Å². The van der Waals surface area contributed by atoms with Gasteiger partial charge in [0.15, 0.2) is 5.65 Å². The van der Waals surface area contributed by atoms with Gasteiger partial charge in [-0.1, -0.05) is 0 Å². The number of rotatable bonds is 4. The van der Waals surface area contributed by atoms with Crippen LogP contribution >= 0.6 is 0 Å². The maximum absolute atomic E-state index is 12.3. The second kappa shape index (κ2) is 5.65. The molecule has 0 radical (unpaired) electrons. The number of hydrogen-bond donors (Lipinski definition) is 2. The summed E-state index contributed by atoms with van der Waals surface area (Å²) in [6.07, 6.45) is 7.14. The zero-order valence-corrected chi connectivity index (χ0v) is 13.0. The van der Waals surface area contributed by atoms with Gasteiger partial charge in [-0.15, -0.1) is 0 Å². The molecule has 0 aliphatic heterocycles. The summed E-state index contributed by atoms with van der Waals surface area (Å²) < 4.78 is 3.62. The van der Waals surface area contributed by atoms with E-state index in [4.69, 9.17) is 0 Å². The molecule has 4 aromatic heterocycles. The first-order valence-electron chi connectivity index (χ1n) is 7.45. The van der Waals surface area contributed by atoms with Gasteiger partial charge in [-0.25, -0.2) is 9.50 Å². The van der Waals surface area contributed by atoms with Crippen molar-refractivity contribution >= 4 is 11.6 Å². The van der Waals surface area contributed by atoms with Gasteiger partial charge in [0.2, 0.25) is 0 Å². The second-order valence-electron chi connectivity index (χ2n) is 5.41.